The lowest BCUT2D eigenvalue weighted by Gasteiger charge is -2.11. The van der Waals surface area contributed by atoms with Gasteiger partial charge in [0.15, 0.2) is 17.4 Å². The molecule has 0 atom stereocenters. The van der Waals surface area contributed by atoms with Crippen LogP contribution in [0.2, 0.25) is 5.02 Å². The third-order valence-electron chi connectivity index (χ3n) is 3.39. The number of nitrogens with one attached hydrogen (secondary N) is 1. The van der Waals surface area contributed by atoms with E-state index < -0.39 is 10.7 Å². The number of ether oxygens (including phenoxy) is 1. The average Bonchev–Trinajstić information content (AvgIpc) is 2.64. The van der Waals surface area contributed by atoms with Crippen molar-refractivity contribution >= 4 is 28.8 Å². The van der Waals surface area contributed by atoms with E-state index in [0.29, 0.717) is 5.02 Å². The minimum Gasteiger partial charge on any atom is -0.491 e. The van der Waals surface area contributed by atoms with Crippen molar-refractivity contribution in [3.63, 3.8) is 0 Å². The molecule has 0 amide bonds. The van der Waals surface area contributed by atoms with Crippen LogP contribution in [0.4, 0.5) is 21.6 Å². The van der Waals surface area contributed by atoms with Gasteiger partial charge in [-0.15, -0.1) is 0 Å². The Morgan fingerprint density at radius 1 is 1.31 bits per heavy atom. The van der Waals surface area contributed by atoms with Gasteiger partial charge in [-0.25, -0.2) is 14.4 Å². The van der Waals surface area contributed by atoms with Gasteiger partial charge in [-0.2, -0.15) is 0 Å². The standard InChI is InChI=1S/C16H11ClFN5O3/c1-26-14-8-20-15(10-6-9(17)2-3-11(10)18)22-16(14)21-12-4-5-19-7-13(12)23(24)25/h2-8H,1H3,(H,19,20,21,22). The highest BCUT2D eigenvalue weighted by Gasteiger charge is 2.18. The second-order valence-electron chi connectivity index (χ2n) is 5.01. The molecule has 0 aliphatic carbocycles. The Labute approximate surface area is 151 Å². The number of hydrogen-bond acceptors (Lipinski definition) is 7. The van der Waals surface area contributed by atoms with Crippen LogP contribution in [0.3, 0.4) is 0 Å². The summed E-state index contributed by atoms with van der Waals surface area (Å²) in [5, 5.41) is 14.3. The molecule has 3 rings (SSSR count). The molecule has 0 saturated carbocycles. The minimum absolute atomic E-state index is 0.0463. The van der Waals surface area contributed by atoms with Gasteiger partial charge in [0, 0.05) is 11.2 Å². The van der Waals surface area contributed by atoms with Crippen LogP contribution in [-0.2, 0) is 0 Å². The van der Waals surface area contributed by atoms with Crippen LogP contribution in [-0.4, -0.2) is 27.0 Å². The number of methoxy groups -OCH3 is 1. The Balaban J connectivity index is 2.07. The molecule has 2 aromatic heterocycles. The molecule has 3 aromatic rings. The maximum atomic E-state index is 14.1. The second-order valence-corrected chi connectivity index (χ2v) is 5.45. The molecule has 0 radical (unpaired) electrons. The van der Waals surface area contributed by atoms with Crippen LogP contribution in [0, 0.1) is 15.9 Å². The topological polar surface area (TPSA) is 103 Å². The predicted octanol–water partition coefficient (Wildman–Crippen LogP) is 3.99. The fourth-order valence-corrected chi connectivity index (χ4v) is 2.35. The third-order valence-corrected chi connectivity index (χ3v) is 3.63. The first kappa shape index (κ1) is 17.5. The van der Waals surface area contributed by atoms with Crippen molar-refractivity contribution in [2.75, 3.05) is 12.4 Å². The van der Waals surface area contributed by atoms with Crippen molar-refractivity contribution in [3.05, 3.63) is 63.8 Å². The molecule has 0 spiro atoms. The fourth-order valence-electron chi connectivity index (χ4n) is 2.17. The average molecular weight is 376 g/mol. The number of benzene rings is 1. The highest BCUT2D eigenvalue weighted by molar-refractivity contribution is 6.30. The molecule has 26 heavy (non-hydrogen) atoms. The van der Waals surface area contributed by atoms with Crippen molar-refractivity contribution in [2.24, 2.45) is 0 Å². The van der Waals surface area contributed by atoms with Crippen LogP contribution in [0.25, 0.3) is 11.4 Å². The Hall–Kier alpha value is -3.33. The number of pyridine rings is 1. The van der Waals surface area contributed by atoms with E-state index >= 15 is 0 Å². The molecule has 10 heteroatoms. The van der Waals surface area contributed by atoms with E-state index in [1.807, 2.05) is 0 Å². The second kappa shape index (κ2) is 7.28. The Kier molecular flexibility index (Phi) is 4.90. The summed E-state index contributed by atoms with van der Waals surface area (Å²) < 4.78 is 19.2. The first-order chi connectivity index (χ1) is 12.5. The summed E-state index contributed by atoms with van der Waals surface area (Å²) in [6.07, 6.45) is 3.83. The van der Waals surface area contributed by atoms with Crippen LogP contribution in [0.1, 0.15) is 0 Å². The number of nitro groups is 1. The number of rotatable bonds is 5. The van der Waals surface area contributed by atoms with E-state index in [4.69, 9.17) is 16.3 Å². The number of aromatic nitrogens is 3. The Morgan fingerprint density at radius 2 is 2.12 bits per heavy atom. The number of halogens is 2. The largest absolute Gasteiger partial charge is 0.491 e. The Bertz CT molecular complexity index is 986. The Morgan fingerprint density at radius 3 is 2.85 bits per heavy atom. The number of hydrogen-bond donors (Lipinski definition) is 1. The van der Waals surface area contributed by atoms with Gasteiger partial charge in [0.05, 0.1) is 23.8 Å². The maximum Gasteiger partial charge on any atom is 0.310 e. The minimum atomic E-state index is -0.583. The molecule has 0 fully saturated rings. The summed E-state index contributed by atoms with van der Waals surface area (Å²) in [5.41, 5.74) is -0.00408. The van der Waals surface area contributed by atoms with E-state index in [1.165, 1.54) is 43.8 Å². The monoisotopic (exact) mass is 375 g/mol. The lowest BCUT2D eigenvalue weighted by Crippen LogP contribution is -2.03. The fraction of sp³-hybridized carbons (Fsp3) is 0.0625. The molecule has 0 bridgehead atoms. The molecule has 1 aromatic carbocycles. The molecular weight excluding hydrogens is 365 g/mol. The highest BCUT2D eigenvalue weighted by atomic mass is 35.5. The van der Waals surface area contributed by atoms with Crippen LogP contribution >= 0.6 is 11.6 Å². The van der Waals surface area contributed by atoms with Crippen molar-refractivity contribution in [2.45, 2.75) is 0 Å². The number of nitrogens with zero attached hydrogens (tertiary/aromatic N) is 4. The number of anilines is 2. The highest BCUT2D eigenvalue weighted by Crippen LogP contribution is 2.32. The SMILES string of the molecule is COc1cnc(-c2cc(Cl)ccc2F)nc1Nc1ccncc1[N+](=O)[O-]. The molecule has 132 valence electrons. The predicted molar refractivity (Wildman–Crippen MR) is 93.2 cm³/mol. The molecule has 0 unspecified atom stereocenters. The molecular formula is C16H11ClFN5O3. The van der Waals surface area contributed by atoms with Crippen LogP contribution < -0.4 is 10.1 Å². The van der Waals surface area contributed by atoms with Gasteiger partial charge in [0.2, 0.25) is 0 Å². The summed E-state index contributed by atoms with van der Waals surface area (Å²) in [7, 11) is 1.39. The lowest BCUT2D eigenvalue weighted by atomic mass is 10.2. The molecule has 0 aliphatic rings. The van der Waals surface area contributed by atoms with Gasteiger partial charge in [0.1, 0.15) is 17.7 Å². The van der Waals surface area contributed by atoms with Crippen molar-refractivity contribution in [1.29, 1.82) is 0 Å². The van der Waals surface area contributed by atoms with E-state index in [1.54, 1.807) is 0 Å². The van der Waals surface area contributed by atoms with Gasteiger partial charge < -0.3 is 10.1 Å². The van der Waals surface area contributed by atoms with E-state index in [-0.39, 0.29) is 34.3 Å². The van der Waals surface area contributed by atoms with Crippen molar-refractivity contribution in [1.82, 2.24) is 15.0 Å². The van der Waals surface area contributed by atoms with Gasteiger partial charge in [-0.1, -0.05) is 11.6 Å². The molecule has 0 aliphatic heterocycles. The van der Waals surface area contributed by atoms with Gasteiger partial charge >= 0.3 is 5.69 Å². The van der Waals surface area contributed by atoms with Gasteiger partial charge in [-0.05, 0) is 24.3 Å². The summed E-state index contributed by atoms with van der Waals surface area (Å²) in [6.45, 7) is 0. The normalized spacial score (nSPS) is 10.4. The summed E-state index contributed by atoms with van der Waals surface area (Å²) >= 11 is 5.91. The summed E-state index contributed by atoms with van der Waals surface area (Å²) in [6, 6.07) is 5.41. The molecule has 2 heterocycles. The zero-order valence-electron chi connectivity index (χ0n) is 13.3. The quantitative estimate of drug-likeness (QED) is 0.531. The summed E-state index contributed by atoms with van der Waals surface area (Å²) in [5.74, 6) is -0.154. The third kappa shape index (κ3) is 3.52. The molecule has 0 saturated heterocycles. The zero-order valence-corrected chi connectivity index (χ0v) is 14.1. The van der Waals surface area contributed by atoms with Gasteiger partial charge in [0.25, 0.3) is 0 Å². The summed E-state index contributed by atoms with van der Waals surface area (Å²) in [4.78, 5) is 22.6. The van der Waals surface area contributed by atoms with Crippen molar-refractivity contribution < 1.29 is 14.1 Å². The van der Waals surface area contributed by atoms with Crippen molar-refractivity contribution in [3.8, 4) is 17.1 Å². The van der Waals surface area contributed by atoms with Crippen LogP contribution in [0.15, 0.2) is 42.9 Å². The lowest BCUT2D eigenvalue weighted by molar-refractivity contribution is -0.384. The van der Waals surface area contributed by atoms with E-state index in [9.17, 15) is 14.5 Å². The smallest absolute Gasteiger partial charge is 0.310 e. The van der Waals surface area contributed by atoms with Crippen LogP contribution in [0.5, 0.6) is 5.75 Å². The maximum absolute atomic E-state index is 14.1. The van der Waals surface area contributed by atoms with E-state index in [0.717, 1.165) is 6.20 Å². The molecule has 1 N–H and O–H groups in total. The first-order valence-electron chi connectivity index (χ1n) is 7.21. The first-order valence-corrected chi connectivity index (χ1v) is 7.59. The van der Waals surface area contributed by atoms with E-state index in [2.05, 4.69) is 20.3 Å². The zero-order chi connectivity index (χ0) is 18.7. The van der Waals surface area contributed by atoms with Gasteiger partial charge in [-0.3, -0.25) is 15.1 Å². The molecule has 8 nitrogen and oxygen atoms in total.